The average Bonchev–Trinajstić information content (AvgIpc) is 3.41. The summed E-state index contributed by atoms with van der Waals surface area (Å²) in [5.74, 6) is -2.06. The maximum Gasteiger partial charge on any atom is 0.361 e. The van der Waals surface area contributed by atoms with Crippen LogP contribution in [-0.4, -0.2) is 87.4 Å². The van der Waals surface area contributed by atoms with Gasteiger partial charge in [0.15, 0.2) is 6.10 Å². The van der Waals surface area contributed by atoms with Crippen LogP contribution in [0.4, 0.5) is 0 Å². The summed E-state index contributed by atoms with van der Waals surface area (Å²) in [6.45, 7) is 4.69. The zero-order chi connectivity index (χ0) is 56.9. The SMILES string of the molecule is CC/C=C\C/C=C\C/C=C\C/C=C\C/C=C\C/C=C\C/C=C\C/C=C\C/C=C\C/C=C\C/C=C\CCCCCCCC(=O)OC(COC(=O)CCCCCCC/C=C\CCCCCCC)COC(OCC[N+](C)(C)C)C(=O)O. The number of hydrogen-bond donors (Lipinski definition) is 1. The number of esters is 2. The molecule has 0 aliphatic carbocycles. The maximum absolute atomic E-state index is 12.9. The van der Waals surface area contributed by atoms with Gasteiger partial charge in [-0.05, 0) is 122 Å². The molecule has 0 fully saturated rings. The number of hydrogen-bond acceptors (Lipinski definition) is 7. The third kappa shape index (κ3) is 58.8. The standard InChI is InChI=1S/C69H111NO8/c1-6-8-10-12-14-16-18-20-22-23-24-25-26-27-28-29-30-31-32-33-34-35-36-37-38-39-40-41-42-43-44-45-46-48-50-52-54-56-58-60-67(72)78-65(64-77-69(68(73)74)75-62-61-70(3,4)5)63-76-66(71)59-57-55-53-51-49-47-21-19-17-15-13-11-9-7-2/h8,10,14,16,19-22,24-25,27-28,30-31,33-34,36-37,39-40,42-43,45-46,65,69H,6-7,9,11-13,15,17-18,23,26,29,32,35,38,41,44,47-64H2,1-5H3/p+1/b10-8-,16-14-,21-19-,22-20-,25-24-,28-27-,31-30-,34-33-,37-36-,40-39-,43-42-,46-45-. The first-order chi connectivity index (χ1) is 38.1. The van der Waals surface area contributed by atoms with Crippen molar-refractivity contribution in [2.75, 3.05) is 47.5 Å². The number of carboxylic acids is 1. The lowest BCUT2D eigenvalue weighted by atomic mass is 10.1. The molecule has 0 amide bonds. The summed E-state index contributed by atoms with van der Waals surface area (Å²) in [6, 6.07) is 0. The summed E-state index contributed by atoms with van der Waals surface area (Å²) in [5.41, 5.74) is 0. The number of ether oxygens (including phenoxy) is 4. The fourth-order valence-electron chi connectivity index (χ4n) is 7.66. The Morgan fingerprint density at radius 2 is 0.731 bits per heavy atom. The lowest BCUT2D eigenvalue weighted by Crippen LogP contribution is -2.40. The topological polar surface area (TPSA) is 108 Å². The largest absolute Gasteiger partial charge is 0.477 e. The highest BCUT2D eigenvalue weighted by molar-refractivity contribution is 5.71. The van der Waals surface area contributed by atoms with Crippen LogP contribution in [0, 0.1) is 0 Å². The monoisotopic (exact) mass is 1080 g/mol. The van der Waals surface area contributed by atoms with Crippen LogP contribution in [0.1, 0.15) is 213 Å². The van der Waals surface area contributed by atoms with E-state index in [0.717, 1.165) is 141 Å². The number of aliphatic carboxylic acids is 1. The van der Waals surface area contributed by atoms with Gasteiger partial charge in [-0.25, -0.2) is 4.79 Å². The normalized spacial score (nSPS) is 13.8. The van der Waals surface area contributed by atoms with E-state index in [1.54, 1.807) is 0 Å². The predicted octanol–water partition coefficient (Wildman–Crippen LogP) is 18.4. The van der Waals surface area contributed by atoms with Gasteiger partial charge in [0.2, 0.25) is 0 Å². The second-order valence-corrected chi connectivity index (χ2v) is 20.9. The highest BCUT2D eigenvalue weighted by atomic mass is 16.7. The van der Waals surface area contributed by atoms with Crippen LogP contribution < -0.4 is 0 Å². The number of rotatable bonds is 54. The van der Waals surface area contributed by atoms with Crippen LogP contribution in [-0.2, 0) is 33.3 Å². The third-order valence-electron chi connectivity index (χ3n) is 12.3. The molecule has 0 aromatic rings. The van der Waals surface area contributed by atoms with Crippen molar-refractivity contribution in [3.8, 4) is 0 Å². The molecule has 0 radical (unpaired) electrons. The van der Waals surface area contributed by atoms with Crippen molar-refractivity contribution in [1.82, 2.24) is 0 Å². The van der Waals surface area contributed by atoms with Gasteiger partial charge in [0.25, 0.3) is 6.29 Å². The molecule has 0 aliphatic rings. The van der Waals surface area contributed by atoms with E-state index in [0.29, 0.717) is 17.4 Å². The van der Waals surface area contributed by atoms with Crippen molar-refractivity contribution < 1.29 is 42.9 Å². The highest BCUT2D eigenvalue weighted by Crippen LogP contribution is 2.13. The van der Waals surface area contributed by atoms with Crippen LogP contribution in [0.2, 0.25) is 0 Å². The van der Waals surface area contributed by atoms with Gasteiger partial charge >= 0.3 is 17.9 Å². The van der Waals surface area contributed by atoms with E-state index < -0.39 is 24.3 Å². The van der Waals surface area contributed by atoms with Gasteiger partial charge in [-0.3, -0.25) is 9.59 Å². The molecule has 0 aliphatic heterocycles. The van der Waals surface area contributed by atoms with Gasteiger partial charge in [0.1, 0.15) is 13.2 Å². The minimum Gasteiger partial charge on any atom is -0.477 e. The van der Waals surface area contributed by atoms with Crippen molar-refractivity contribution >= 4 is 17.9 Å². The summed E-state index contributed by atoms with van der Waals surface area (Å²) in [4.78, 5) is 37.4. The zero-order valence-electron chi connectivity index (χ0n) is 50.0. The van der Waals surface area contributed by atoms with Crippen molar-refractivity contribution in [1.29, 1.82) is 0 Å². The summed E-state index contributed by atoms with van der Waals surface area (Å²) in [7, 11) is 5.94. The molecule has 2 atom stereocenters. The van der Waals surface area contributed by atoms with E-state index >= 15 is 0 Å². The third-order valence-corrected chi connectivity index (χ3v) is 12.3. The Morgan fingerprint density at radius 3 is 1.10 bits per heavy atom. The molecule has 440 valence electrons. The minimum atomic E-state index is -1.53. The summed E-state index contributed by atoms with van der Waals surface area (Å²) >= 11 is 0. The molecule has 0 bridgehead atoms. The van der Waals surface area contributed by atoms with Crippen LogP contribution in [0.15, 0.2) is 146 Å². The number of quaternary nitrogens is 1. The molecular weight excluding hydrogens is 971 g/mol. The minimum absolute atomic E-state index is 0.175. The van der Waals surface area contributed by atoms with Gasteiger partial charge in [0.05, 0.1) is 34.4 Å². The Bertz CT molecular complexity index is 1780. The number of carbonyl (C=O) groups is 3. The number of unbranched alkanes of at least 4 members (excludes halogenated alkanes) is 15. The molecule has 0 heterocycles. The Hall–Kier alpha value is -4.83. The summed E-state index contributed by atoms with van der Waals surface area (Å²) < 4.78 is 22.8. The smallest absolute Gasteiger partial charge is 0.361 e. The first kappa shape index (κ1) is 73.2. The fraction of sp³-hybridized carbons (Fsp3) is 0.609. The van der Waals surface area contributed by atoms with E-state index in [4.69, 9.17) is 18.9 Å². The van der Waals surface area contributed by atoms with Gasteiger partial charge in [-0.15, -0.1) is 0 Å². The Morgan fingerprint density at radius 1 is 0.397 bits per heavy atom. The lowest BCUT2D eigenvalue weighted by Gasteiger charge is -2.25. The molecule has 0 spiro atoms. The van der Waals surface area contributed by atoms with Crippen LogP contribution in [0.3, 0.4) is 0 Å². The Labute approximate surface area is 477 Å². The van der Waals surface area contributed by atoms with E-state index in [-0.39, 0.29) is 38.6 Å². The summed E-state index contributed by atoms with van der Waals surface area (Å²) in [6.07, 6.45) is 82.2. The van der Waals surface area contributed by atoms with Crippen LogP contribution >= 0.6 is 0 Å². The molecule has 9 heteroatoms. The zero-order valence-corrected chi connectivity index (χ0v) is 50.0. The first-order valence-corrected chi connectivity index (χ1v) is 30.5. The molecule has 0 saturated heterocycles. The number of likely N-dealkylation sites (N-methyl/N-ethyl adjacent to an activating group) is 1. The average molecular weight is 1080 g/mol. The Balaban J connectivity index is 4.25. The van der Waals surface area contributed by atoms with Gasteiger partial charge in [-0.2, -0.15) is 0 Å². The van der Waals surface area contributed by atoms with Crippen molar-refractivity contribution in [2.24, 2.45) is 0 Å². The van der Waals surface area contributed by atoms with Gasteiger partial charge in [0, 0.05) is 12.8 Å². The fourth-order valence-corrected chi connectivity index (χ4v) is 7.66. The first-order valence-electron chi connectivity index (χ1n) is 30.5. The molecule has 1 N–H and O–H groups in total. The van der Waals surface area contributed by atoms with E-state index in [9.17, 15) is 19.5 Å². The molecule has 9 nitrogen and oxygen atoms in total. The van der Waals surface area contributed by atoms with Crippen molar-refractivity contribution in [3.05, 3.63) is 146 Å². The molecular formula is C69H112NO8+. The number of nitrogens with zero attached hydrogens (tertiary/aromatic N) is 1. The van der Waals surface area contributed by atoms with Gasteiger partial charge < -0.3 is 28.5 Å². The maximum atomic E-state index is 12.9. The van der Waals surface area contributed by atoms with E-state index in [1.807, 2.05) is 21.1 Å². The van der Waals surface area contributed by atoms with Crippen molar-refractivity contribution in [3.63, 3.8) is 0 Å². The van der Waals surface area contributed by atoms with Crippen LogP contribution in [0.25, 0.3) is 0 Å². The van der Waals surface area contributed by atoms with Gasteiger partial charge in [-0.1, -0.05) is 224 Å². The lowest BCUT2D eigenvalue weighted by molar-refractivity contribution is -0.870. The quantitative estimate of drug-likeness (QED) is 0.0211. The van der Waals surface area contributed by atoms with Crippen molar-refractivity contribution in [2.45, 2.75) is 225 Å². The molecule has 0 aromatic heterocycles. The Kier molecular flexibility index (Phi) is 54.7. The van der Waals surface area contributed by atoms with Crippen LogP contribution in [0.5, 0.6) is 0 Å². The number of allylic oxidation sites excluding steroid dienone is 24. The number of carbonyl (C=O) groups excluding carboxylic acids is 2. The van der Waals surface area contributed by atoms with E-state index in [2.05, 4.69) is 160 Å². The molecule has 0 saturated carbocycles. The molecule has 0 rings (SSSR count). The molecule has 2 unspecified atom stereocenters. The molecule has 0 aromatic carbocycles. The number of carboxylic acid groups (broad SMARTS) is 1. The second kappa shape index (κ2) is 58.3. The molecule has 78 heavy (non-hydrogen) atoms. The summed E-state index contributed by atoms with van der Waals surface area (Å²) in [5, 5.41) is 9.69. The second-order valence-electron chi connectivity index (χ2n) is 20.9. The van der Waals surface area contributed by atoms with E-state index in [1.165, 1.54) is 38.5 Å². The predicted molar refractivity (Wildman–Crippen MR) is 331 cm³/mol. The highest BCUT2D eigenvalue weighted by Gasteiger charge is 2.25.